The molecule has 24 heavy (non-hydrogen) atoms. The van der Waals surface area contributed by atoms with Crippen molar-refractivity contribution in [3.05, 3.63) is 48.7 Å². The molecule has 0 atom stereocenters. The molecule has 1 N–H and O–H groups in total. The van der Waals surface area contributed by atoms with Crippen molar-refractivity contribution in [3.8, 4) is 5.82 Å². The highest BCUT2D eigenvalue weighted by Crippen LogP contribution is 2.21. The van der Waals surface area contributed by atoms with Crippen LogP contribution in [0.15, 0.2) is 43.1 Å². The number of anilines is 3. The number of aryl methyl sites for hydroxylation is 1. The second-order valence-electron chi connectivity index (χ2n) is 5.95. The molecule has 122 valence electrons. The summed E-state index contributed by atoms with van der Waals surface area (Å²) in [4.78, 5) is 15.6. The van der Waals surface area contributed by atoms with Gasteiger partial charge in [0.15, 0.2) is 11.6 Å². The summed E-state index contributed by atoms with van der Waals surface area (Å²) >= 11 is 0. The highest BCUT2D eigenvalue weighted by Gasteiger charge is 2.12. The second-order valence-corrected chi connectivity index (χ2v) is 5.95. The zero-order valence-electron chi connectivity index (χ0n) is 13.6. The van der Waals surface area contributed by atoms with Gasteiger partial charge in [-0.05, 0) is 37.5 Å². The molecule has 0 saturated carbocycles. The number of rotatable bonds is 4. The smallest absolute Gasteiger partial charge is 0.173 e. The van der Waals surface area contributed by atoms with E-state index in [1.807, 2.05) is 25.4 Å². The van der Waals surface area contributed by atoms with Crippen LogP contribution in [-0.2, 0) is 0 Å². The van der Waals surface area contributed by atoms with Crippen LogP contribution in [0.2, 0.25) is 0 Å². The minimum absolute atomic E-state index is 0.641. The zero-order valence-corrected chi connectivity index (χ0v) is 13.6. The standard InChI is InChI=1S/C17H19N7/c1-13-8-20-24(12-13)17-11-18-10-16(22-17)21-15-5-4-14(9-19-15)23-6-2-3-7-23/h4-5,8-12H,2-3,6-7H2,1H3,(H,19,21,22). The van der Waals surface area contributed by atoms with Gasteiger partial charge in [0.2, 0.25) is 0 Å². The molecule has 3 aromatic rings. The first-order chi connectivity index (χ1) is 11.8. The largest absolute Gasteiger partial charge is 0.370 e. The molecule has 1 aliphatic rings. The topological polar surface area (TPSA) is 71.8 Å². The Morgan fingerprint density at radius 1 is 1.00 bits per heavy atom. The van der Waals surface area contributed by atoms with Gasteiger partial charge in [-0.2, -0.15) is 5.10 Å². The number of aromatic nitrogens is 5. The van der Waals surface area contributed by atoms with Crippen molar-refractivity contribution >= 4 is 17.3 Å². The zero-order chi connectivity index (χ0) is 16.4. The molecule has 1 saturated heterocycles. The van der Waals surface area contributed by atoms with Gasteiger partial charge in [-0.3, -0.25) is 4.98 Å². The molecule has 0 aromatic carbocycles. The van der Waals surface area contributed by atoms with Crippen LogP contribution >= 0.6 is 0 Å². The molecule has 7 heteroatoms. The van der Waals surface area contributed by atoms with E-state index in [0.717, 1.165) is 24.5 Å². The monoisotopic (exact) mass is 321 g/mol. The molecule has 0 bridgehead atoms. The van der Waals surface area contributed by atoms with Gasteiger partial charge in [0.05, 0.1) is 30.5 Å². The van der Waals surface area contributed by atoms with E-state index in [1.165, 1.54) is 18.5 Å². The van der Waals surface area contributed by atoms with Gasteiger partial charge in [0, 0.05) is 19.3 Å². The normalized spacial score (nSPS) is 14.1. The number of nitrogens with zero attached hydrogens (tertiary/aromatic N) is 6. The highest BCUT2D eigenvalue weighted by molar-refractivity contribution is 5.55. The van der Waals surface area contributed by atoms with E-state index in [2.05, 4.69) is 36.3 Å². The van der Waals surface area contributed by atoms with E-state index in [-0.39, 0.29) is 0 Å². The molecule has 3 aromatic heterocycles. The molecule has 0 spiro atoms. The van der Waals surface area contributed by atoms with Crippen molar-refractivity contribution in [1.29, 1.82) is 0 Å². The van der Waals surface area contributed by atoms with Gasteiger partial charge in [-0.15, -0.1) is 0 Å². The molecule has 1 aliphatic heterocycles. The van der Waals surface area contributed by atoms with Crippen LogP contribution in [0.5, 0.6) is 0 Å². The van der Waals surface area contributed by atoms with Gasteiger partial charge in [0.25, 0.3) is 0 Å². The Kier molecular flexibility index (Phi) is 3.82. The minimum Gasteiger partial charge on any atom is -0.370 e. The van der Waals surface area contributed by atoms with E-state index < -0.39 is 0 Å². The van der Waals surface area contributed by atoms with Gasteiger partial charge in [-0.25, -0.2) is 14.6 Å². The summed E-state index contributed by atoms with van der Waals surface area (Å²) in [5, 5.41) is 7.45. The van der Waals surface area contributed by atoms with Crippen LogP contribution in [0.3, 0.4) is 0 Å². The summed E-state index contributed by atoms with van der Waals surface area (Å²) < 4.78 is 1.71. The van der Waals surface area contributed by atoms with E-state index in [9.17, 15) is 0 Å². The molecular formula is C17H19N7. The second kappa shape index (κ2) is 6.27. The summed E-state index contributed by atoms with van der Waals surface area (Å²) in [6, 6.07) is 4.06. The van der Waals surface area contributed by atoms with Crippen molar-refractivity contribution in [2.75, 3.05) is 23.3 Å². The highest BCUT2D eigenvalue weighted by atomic mass is 15.3. The molecular weight excluding hydrogens is 302 g/mol. The van der Waals surface area contributed by atoms with Crippen LogP contribution in [0.4, 0.5) is 17.3 Å². The van der Waals surface area contributed by atoms with Crippen LogP contribution in [0.1, 0.15) is 18.4 Å². The molecule has 0 radical (unpaired) electrons. The lowest BCUT2D eigenvalue weighted by atomic mass is 10.3. The van der Waals surface area contributed by atoms with Gasteiger partial charge < -0.3 is 10.2 Å². The van der Waals surface area contributed by atoms with Crippen molar-refractivity contribution in [3.63, 3.8) is 0 Å². The summed E-state index contributed by atoms with van der Waals surface area (Å²) in [6.07, 6.45) is 11.5. The number of nitrogens with one attached hydrogen (secondary N) is 1. The molecule has 1 fully saturated rings. The Morgan fingerprint density at radius 3 is 2.58 bits per heavy atom. The maximum atomic E-state index is 4.53. The first-order valence-corrected chi connectivity index (χ1v) is 8.10. The maximum absolute atomic E-state index is 4.53. The minimum atomic E-state index is 0.641. The Hall–Kier alpha value is -2.96. The summed E-state index contributed by atoms with van der Waals surface area (Å²) in [5.74, 6) is 2.06. The Labute approximate surface area is 140 Å². The number of hydrogen-bond acceptors (Lipinski definition) is 6. The third-order valence-electron chi connectivity index (χ3n) is 4.04. The predicted octanol–water partition coefficient (Wildman–Crippen LogP) is 2.71. The van der Waals surface area contributed by atoms with E-state index in [0.29, 0.717) is 11.6 Å². The molecule has 0 unspecified atom stereocenters. The van der Waals surface area contributed by atoms with Crippen LogP contribution < -0.4 is 10.2 Å². The molecule has 7 nitrogen and oxygen atoms in total. The fraction of sp³-hybridized carbons (Fsp3) is 0.294. The lowest BCUT2D eigenvalue weighted by Gasteiger charge is -2.17. The Balaban J connectivity index is 1.50. The molecule has 4 rings (SSSR count). The van der Waals surface area contributed by atoms with E-state index in [4.69, 9.17) is 0 Å². The fourth-order valence-electron chi connectivity index (χ4n) is 2.82. The van der Waals surface area contributed by atoms with Crippen molar-refractivity contribution in [1.82, 2.24) is 24.7 Å². The third-order valence-corrected chi connectivity index (χ3v) is 4.04. The van der Waals surface area contributed by atoms with Crippen molar-refractivity contribution in [2.24, 2.45) is 0 Å². The SMILES string of the molecule is Cc1cnn(-c2cncc(Nc3ccc(N4CCCC4)cn3)n2)c1. The summed E-state index contributed by atoms with van der Waals surface area (Å²) in [7, 11) is 0. The lowest BCUT2D eigenvalue weighted by Crippen LogP contribution is -2.17. The average Bonchev–Trinajstić information content (AvgIpc) is 3.28. The average molecular weight is 321 g/mol. The molecule has 0 amide bonds. The Morgan fingerprint density at radius 2 is 1.88 bits per heavy atom. The van der Waals surface area contributed by atoms with Crippen molar-refractivity contribution in [2.45, 2.75) is 19.8 Å². The van der Waals surface area contributed by atoms with E-state index >= 15 is 0 Å². The molecule has 0 aliphatic carbocycles. The van der Waals surface area contributed by atoms with Gasteiger partial charge in [-0.1, -0.05) is 0 Å². The van der Waals surface area contributed by atoms with E-state index in [1.54, 1.807) is 23.3 Å². The maximum Gasteiger partial charge on any atom is 0.173 e. The summed E-state index contributed by atoms with van der Waals surface area (Å²) in [5.41, 5.74) is 2.25. The van der Waals surface area contributed by atoms with Crippen LogP contribution in [0, 0.1) is 6.92 Å². The first kappa shape index (κ1) is 14.6. The fourth-order valence-corrected chi connectivity index (χ4v) is 2.82. The van der Waals surface area contributed by atoms with Crippen molar-refractivity contribution < 1.29 is 0 Å². The predicted molar refractivity (Wildman–Crippen MR) is 92.9 cm³/mol. The van der Waals surface area contributed by atoms with Gasteiger partial charge in [0.1, 0.15) is 5.82 Å². The first-order valence-electron chi connectivity index (χ1n) is 8.10. The Bertz CT molecular complexity index is 819. The van der Waals surface area contributed by atoms with Crippen LogP contribution in [-0.4, -0.2) is 37.8 Å². The number of hydrogen-bond donors (Lipinski definition) is 1. The van der Waals surface area contributed by atoms with Gasteiger partial charge >= 0.3 is 0 Å². The third kappa shape index (κ3) is 3.05. The summed E-state index contributed by atoms with van der Waals surface area (Å²) in [6.45, 7) is 4.22. The molecule has 4 heterocycles. The quantitative estimate of drug-likeness (QED) is 0.796. The number of pyridine rings is 1. The lowest BCUT2D eigenvalue weighted by molar-refractivity contribution is 0.839. The van der Waals surface area contributed by atoms with Crippen LogP contribution in [0.25, 0.3) is 5.82 Å².